The minimum Gasteiger partial charge on any atom is -0.406 e. The van der Waals surface area contributed by atoms with Crippen LogP contribution in [0.25, 0.3) is 0 Å². The Bertz CT molecular complexity index is 1230. The van der Waals surface area contributed by atoms with Crippen molar-refractivity contribution in [2.24, 2.45) is 0 Å². The third kappa shape index (κ3) is 7.86. The van der Waals surface area contributed by atoms with Crippen LogP contribution in [0.2, 0.25) is 5.02 Å². The van der Waals surface area contributed by atoms with Gasteiger partial charge in [-0.15, -0.1) is 13.2 Å². The third-order valence-corrected chi connectivity index (χ3v) is 8.32. The monoisotopic (exact) mass is 618 g/mol. The maximum atomic E-state index is 14.9. The van der Waals surface area contributed by atoms with Crippen LogP contribution in [0.3, 0.4) is 0 Å². The second-order valence-electron chi connectivity index (χ2n) is 11.0. The van der Waals surface area contributed by atoms with Crippen LogP contribution in [0, 0.1) is 0 Å². The summed E-state index contributed by atoms with van der Waals surface area (Å²) in [4.78, 5) is 15.3. The maximum absolute atomic E-state index is 14.9. The lowest BCUT2D eigenvalue weighted by molar-refractivity contribution is -0.274. The van der Waals surface area contributed by atoms with Gasteiger partial charge >= 0.3 is 6.36 Å². The van der Waals surface area contributed by atoms with E-state index >= 15 is 0 Å². The molecule has 3 aliphatic rings. The van der Waals surface area contributed by atoms with Crippen LogP contribution in [0.4, 0.5) is 28.9 Å². The van der Waals surface area contributed by atoms with Gasteiger partial charge in [0.25, 0.3) is 5.56 Å². The van der Waals surface area contributed by atoms with E-state index in [2.05, 4.69) is 20.1 Å². The van der Waals surface area contributed by atoms with Gasteiger partial charge in [0, 0.05) is 24.9 Å². The van der Waals surface area contributed by atoms with Crippen molar-refractivity contribution >= 4 is 23.0 Å². The van der Waals surface area contributed by atoms with E-state index in [1.54, 1.807) is 12.1 Å². The van der Waals surface area contributed by atoms with Gasteiger partial charge in [-0.05, 0) is 62.8 Å². The Balaban J connectivity index is 1.25. The largest absolute Gasteiger partial charge is 0.573 e. The standard InChI is InChI=1S/C28H35ClF4N4O5/c29-25-24(34-17-27(30)10-1-11-40-18-27)14-35-37(26(25)38)21-4-2-19(3-5-21)36(15-23-16-39-12-13-41-23)20-6-8-22(9-7-20)42-28(31,32)33/h6-9,14,19,21,23,34H,1-5,10-13,15-18H2/t19?,21?,23-,27-/m0/s1. The molecule has 1 saturated carbocycles. The van der Waals surface area contributed by atoms with Crippen molar-refractivity contribution in [3.63, 3.8) is 0 Å². The zero-order chi connectivity index (χ0) is 29.7. The molecule has 1 aromatic carbocycles. The van der Waals surface area contributed by atoms with Crippen molar-refractivity contribution < 1.29 is 36.5 Å². The van der Waals surface area contributed by atoms with E-state index in [-0.39, 0.29) is 47.8 Å². The van der Waals surface area contributed by atoms with Crippen molar-refractivity contribution in [3.8, 4) is 5.75 Å². The topological polar surface area (TPSA) is 87.1 Å². The van der Waals surface area contributed by atoms with Gasteiger partial charge in [-0.2, -0.15) is 5.10 Å². The predicted octanol–water partition coefficient (Wildman–Crippen LogP) is 5.13. The van der Waals surface area contributed by atoms with Gasteiger partial charge in [-0.3, -0.25) is 4.79 Å². The fraction of sp³-hybridized carbons (Fsp3) is 0.643. The quantitative estimate of drug-likeness (QED) is 0.387. The number of nitrogens with zero attached hydrogens (tertiary/aromatic N) is 3. The second-order valence-corrected chi connectivity index (χ2v) is 11.4. The fourth-order valence-corrected chi connectivity index (χ4v) is 6.02. The first-order chi connectivity index (χ1) is 20.1. The molecule has 0 unspecified atom stereocenters. The van der Waals surface area contributed by atoms with E-state index in [9.17, 15) is 22.4 Å². The van der Waals surface area contributed by atoms with Crippen LogP contribution in [0.1, 0.15) is 44.6 Å². The molecule has 1 aromatic heterocycles. The number of hydrogen-bond donors (Lipinski definition) is 1. The lowest BCUT2D eigenvalue weighted by Gasteiger charge is -2.40. The first-order valence-electron chi connectivity index (χ1n) is 14.2. The van der Waals surface area contributed by atoms with Gasteiger partial charge in [-0.25, -0.2) is 9.07 Å². The number of nitrogens with one attached hydrogen (secondary N) is 1. The maximum Gasteiger partial charge on any atom is 0.573 e. The summed E-state index contributed by atoms with van der Waals surface area (Å²) in [7, 11) is 0. The van der Waals surface area contributed by atoms with E-state index in [1.807, 2.05) is 0 Å². The molecule has 0 bridgehead atoms. The summed E-state index contributed by atoms with van der Waals surface area (Å²) in [5.41, 5.74) is -0.943. The highest BCUT2D eigenvalue weighted by Gasteiger charge is 2.34. The van der Waals surface area contributed by atoms with Gasteiger partial charge < -0.3 is 29.2 Å². The van der Waals surface area contributed by atoms with Gasteiger partial charge in [0.05, 0.1) is 57.0 Å². The minimum absolute atomic E-state index is 0.00620. The lowest BCUT2D eigenvalue weighted by Crippen LogP contribution is -2.46. The number of benzene rings is 1. The molecule has 9 nitrogen and oxygen atoms in total. The van der Waals surface area contributed by atoms with Crippen LogP contribution < -0.4 is 20.5 Å². The van der Waals surface area contributed by atoms with E-state index < -0.39 is 17.6 Å². The number of anilines is 2. The molecule has 3 heterocycles. The van der Waals surface area contributed by atoms with Crippen molar-refractivity contribution in [1.82, 2.24) is 9.78 Å². The molecular weight excluding hydrogens is 584 g/mol. The number of hydrogen-bond acceptors (Lipinski definition) is 8. The smallest absolute Gasteiger partial charge is 0.406 e. The third-order valence-electron chi connectivity index (χ3n) is 7.95. The van der Waals surface area contributed by atoms with Gasteiger partial charge in [-0.1, -0.05) is 11.6 Å². The number of aromatic nitrogens is 2. The highest BCUT2D eigenvalue weighted by Crippen LogP contribution is 2.35. The summed E-state index contributed by atoms with van der Waals surface area (Å²) in [5, 5.41) is 7.25. The number of alkyl halides is 4. The van der Waals surface area contributed by atoms with Gasteiger partial charge in [0.15, 0.2) is 5.67 Å². The zero-order valence-electron chi connectivity index (χ0n) is 23.1. The van der Waals surface area contributed by atoms with E-state index in [1.165, 1.54) is 23.0 Å². The molecule has 0 radical (unpaired) electrons. The van der Waals surface area contributed by atoms with Crippen molar-refractivity contribution in [2.75, 3.05) is 56.3 Å². The Morgan fingerprint density at radius 3 is 2.52 bits per heavy atom. The van der Waals surface area contributed by atoms with Crippen LogP contribution in [-0.4, -0.2) is 80.1 Å². The summed E-state index contributed by atoms with van der Waals surface area (Å²) >= 11 is 6.40. The highest BCUT2D eigenvalue weighted by atomic mass is 35.5. The molecule has 232 valence electrons. The molecule has 2 aliphatic heterocycles. The molecule has 5 rings (SSSR count). The SMILES string of the molecule is O=c1c(Cl)c(NC[C@@]2(F)CCCOC2)cnn1C1CCC(N(C[C@H]2COCCO2)c2ccc(OC(F)(F)F)cc2)CC1. The highest BCUT2D eigenvalue weighted by molar-refractivity contribution is 6.32. The lowest BCUT2D eigenvalue weighted by atomic mass is 9.89. The summed E-state index contributed by atoms with van der Waals surface area (Å²) < 4.78 is 75.0. The van der Waals surface area contributed by atoms with Gasteiger partial charge in [0.1, 0.15) is 10.8 Å². The number of halogens is 5. The van der Waals surface area contributed by atoms with Gasteiger partial charge in [0.2, 0.25) is 0 Å². The number of ether oxygens (including phenoxy) is 4. The van der Waals surface area contributed by atoms with E-state index in [0.29, 0.717) is 71.5 Å². The molecule has 1 aliphatic carbocycles. The summed E-state index contributed by atoms with van der Waals surface area (Å²) in [6, 6.07) is 5.68. The normalized spacial score (nSPS) is 26.9. The van der Waals surface area contributed by atoms with Crippen LogP contribution in [0.5, 0.6) is 5.75 Å². The summed E-state index contributed by atoms with van der Waals surface area (Å²) in [5.74, 6) is -0.291. The molecule has 42 heavy (non-hydrogen) atoms. The Labute approximate surface area is 246 Å². The molecule has 2 aromatic rings. The molecule has 2 saturated heterocycles. The zero-order valence-corrected chi connectivity index (χ0v) is 23.8. The molecule has 3 fully saturated rings. The first-order valence-corrected chi connectivity index (χ1v) is 14.6. The van der Waals surface area contributed by atoms with E-state index in [4.69, 9.17) is 25.8 Å². The Morgan fingerprint density at radius 2 is 1.88 bits per heavy atom. The first kappa shape index (κ1) is 30.8. The van der Waals surface area contributed by atoms with Crippen molar-refractivity contribution in [3.05, 3.63) is 45.8 Å². The molecule has 0 spiro atoms. The summed E-state index contributed by atoms with van der Waals surface area (Å²) in [6.45, 7) is 2.43. The van der Waals surface area contributed by atoms with Crippen molar-refractivity contribution in [1.29, 1.82) is 0 Å². The van der Waals surface area contributed by atoms with Crippen molar-refractivity contribution in [2.45, 2.75) is 68.7 Å². The predicted molar refractivity (Wildman–Crippen MR) is 148 cm³/mol. The second kappa shape index (κ2) is 13.4. The molecule has 14 heteroatoms. The minimum atomic E-state index is -4.77. The fourth-order valence-electron chi connectivity index (χ4n) is 5.82. The average molecular weight is 619 g/mol. The Kier molecular flexibility index (Phi) is 9.81. The number of rotatable bonds is 9. The van der Waals surface area contributed by atoms with Crippen LogP contribution in [0.15, 0.2) is 35.3 Å². The summed E-state index contributed by atoms with van der Waals surface area (Å²) in [6.07, 6.45) is 0.187. The Hall–Kier alpha value is -2.61. The molecule has 1 N–H and O–H groups in total. The molecule has 2 atom stereocenters. The molecular formula is C28H35ClF4N4O5. The van der Waals surface area contributed by atoms with Crippen LogP contribution in [-0.2, 0) is 14.2 Å². The van der Waals surface area contributed by atoms with Crippen LogP contribution >= 0.6 is 11.6 Å². The average Bonchev–Trinajstić information content (AvgIpc) is 2.98. The van der Waals surface area contributed by atoms with E-state index in [0.717, 1.165) is 5.69 Å². The molecule has 0 amide bonds. The Morgan fingerprint density at radius 1 is 1.12 bits per heavy atom.